The van der Waals surface area contributed by atoms with Gasteiger partial charge in [-0.05, 0) is 19.4 Å². The first-order chi connectivity index (χ1) is 10.5. The van der Waals surface area contributed by atoms with Gasteiger partial charge < -0.3 is 5.32 Å². The van der Waals surface area contributed by atoms with Crippen molar-refractivity contribution in [2.45, 2.75) is 24.8 Å². The number of benzene rings is 1. The Morgan fingerprint density at radius 1 is 1.23 bits per heavy atom. The largest absolute Gasteiger partial charge is 0.313 e. The summed E-state index contributed by atoms with van der Waals surface area (Å²) in [6, 6.07) is 9.54. The minimum Gasteiger partial charge on any atom is -0.313 e. The van der Waals surface area contributed by atoms with E-state index in [1.807, 2.05) is 30.3 Å². The smallest absolute Gasteiger partial charge is 0.247 e. The van der Waals surface area contributed by atoms with Gasteiger partial charge in [-0.15, -0.1) is 0 Å². The van der Waals surface area contributed by atoms with Crippen LogP contribution in [0.5, 0.6) is 0 Å². The minimum absolute atomic E-state index is 0.200. The zero-order valence-electron chi connectivity index (χ0n) is 12.7. The highest BCUT2D eigenvalue weighted by Crippen LogP contribution is 2.30. The van der Waals surface area contributed by atoms with E-state index in [4.69, 9.17) is 0 Å². The maximum absolute atomic E-state index is 13.1. The standard InChI is InChI=1S/C15H20N4O2S/c1-11-15(12(2)18-17-11)22(20,21)19-9-8-16-10-14(19)13-6-4-3-5-7-13/h3-7,14,16H,8-10H2,1-2H3,(H,17,18). The molecule has 0 saturated carbocycles. The first-order valence-electron chi connectivity index (χ1n) is 7.31. The molecule has 6 nitrogen and oxygen atoms in total. The van der Waals surface area contributed by atoms with Crippen LogP contribution in [0.15, 0.2) is 35.2 Å². The zero-order chi connectivity index (χ0) is 15.7. The van der Waals surface area contributed by atoms with Gasteiger partial charge in [-0.3, -0.25) is 5.10 Å². The van der Waals surface area contributed by atoms with Crippen LogP contribution in [0.25, 0.3) is 0 Å². The van der Waals surface area contributed by atoms with Crippen LogP contribution < -0.4 is 5.32 Å². The predicted molar refractivity (Wildman–Crippen MR) is 84.0 cm³/mol. The molecule has 118 valence electrons. The number of aryl methyl sites for hydroxylation is 2. The highest BCUT2D eigenvalue weighted by molar-refractivity contribution is 7.89. The Morgan fingerprint density at radius 3 is 2.59 bits per heavy atom. The summed E-state index contributed by atoms with van der Waals surface area (Å²) >= 11 is 0. The number of rotatable bonds is 3. The van der Waals surface area contributed by atoms with Crippen molar-refractivity contribution < 1.29 is 8.42 Å². The number of hydrogen-bond donors (Lipinski definition) is 2. The fourth-order valence-corrected chi connectivity index (χ4v) is 4.92. The van der Waals surface area contributed by atoms with E-state index in [-0.39, 0.29) is 6.04 Å². The zero-order valence-corrected chi connectivity index (χ0v) is 13.5. The van der Waals surface area contributed by atoms with Crippen molar-refractivity contribution in [3.05, 3.63) is 47.3 Å². The fourth-order valence-electron chi connectivity index (χ4n) is 2.97. The van der Waals surface area contributed by atoms with Crippen LogP contribution in [0.2, 0.25) is 0 Å². The summed E-state index contributed by atoms with van der Waals surface area (Å²) in [5.41, 5.74) is 2.10. The van der Waals surface area contributed by atoms with Gasteiger partial charge in [0.15, 0.2) is 0 Å². The number of nitrogens with one attached hydrogen (secondary N) is 2. The number of nitrogens with zero attached hydrogens (tertiary/aromatic N) is 2. The third kappa shape index (κ3) is 2.55. The van der Waals surface area contributed by atoms with Crippen LogP contribution in [-0.4, -0.2) is 42.6 Å². The maximum atomic E-state index is 13.1. The van der Waals surface area contributed by atoms with Gasteiger partial charge >= 0.3 is 0 Å². The van der Waals surface area contributed by atoms with Gasteiger partial charge in [-0.1, -0.05) is 30.3 Å². The third-order valence-electron chi connectivity index (χ3n) is 4.01. The van der Waals surface area contributed by atoms with Crippen LogP contribution in [0.1, 0.15) is 23.0 Å². The molecule has 0 radical (unpaired) electrons. The van der Waals surface area contributed by atoms with Gasteiger partial charge in [-0.25, -0.2) is 8.42 Å². The topological polar surface area (TPSA) is 78.1 Å². The molecule has 1 aromatic heterocycles. The molecule has 7 heteroatoms. The molecule has 2 N–H and O–H groups in total. The average Bonchev–Trinajstić information content (AvgIpc) is 2.88. The van der Waals surface area contributed by atoms with Gasteiger partial charge in [0.2, 0.25) is 10.0 Å². The average molecular weight is 320 g/mol. The van der Waals surface area contributed by atoms with Crippen molar-refractivity contribution in [3.8, 4) is 0 Å². The molecular weight excluding hydrogens is 300 g/mol. The highest BCUT2D eigenvalue weighted by atomic mass is 32.2. The molecule has 1 unspecified atom stereocenters. The molecule has 1 aliphatic rings. The van der Waals surface area contributed by atoms with E-state index < -0.39 is 10.0 Å². The number of piperazine rings is 1. The lowest BCUT2D eigenvalue weighted by Gasteiger charge is -2.35. The van der Waals surface area contributed by atoms with Crippen molar-refractivity contribution >= 4 is 10.0 Å². The Balaban J connectivity index is 2.04. The number of sulfonamides is 1. The lowest BCUT2D eigenvalue weighted by atomic mass is 10.1. The van der Waals surface area contributed by atoms with Crippen molar-refractivity contribution in [1.82, 2.24) is 19.8 Å². The molecule has 1 aliphatic heterocycles. The van der Waals surface area contributed by atoms with E-state index in [0.717, 1.165) is 5.56 Å². The molecule has 22 heavy (non-hydrogen) atoms. The predicted octanol–water partition coefficient (Wildman–Crippen LogP) is 1.36. The van der Waals surface area contributed by atoms with Gasteiger partial charge in [0.05, 0.1) is 17.4 Å². The molecule has 0 aliphatic carbocycles. The first-order valence-corrected chi connectivity index (χ1v) is 8.75. The maximum Gasteiger partial charge on any atom is 0.247 e. The lowest BCUT2D eigenvalue weighted by Crippen LogP contribution is -2.48. The summed E-state index contributed by atoms with van der Waals surface area (Å²) in [6.07, 6.45) is 0. The van der Waals surface area contributed by atoms with E-state index in [2.05, 4.69) is 15.5 Å². The fraction of sp³-hybridized carbons (Fsp3) is 0.400. The monoisotopic (exact) mass is 320 g/mol. The summed E-state index contributed by atoms with van der Waals surface area (Å²) in [5.74, 6) is 0. The summed E-state index contributed by atoms with van der Waals surface area (Å²) in [6.45, 7) is 5.17. The molecule has 0 spiro atoms. The summed E-state index contributed by atoms with van der Waals surface area (Å²) in [4.78, 5) is 0.301. The molecular formula is C15H20N4O2S. The molecule has 0 bridgehead atoms. The summed E-state index contributed by atoms with van der Waals surface area (Å²) < 4.78 is 27.8. The molecule has 2 aromatic rings. The van der Waals surface area contributed by atoms with Crippen LogP contribution in [0, 0.1) is 13.8 Å². The second-order valence-corrected chi connectivity index (χ2v) is 7.34. The lowest BCUT2D eigenvalue weighted by molar-refractivity contribution is 0.271. The van der Waals surface area contributed by atoms with Crippen molar-refractivity contribution in [2.75, 3.05) is 19.6 Å². The van der Waals surface area contributed by atoms with E-state index in [1.165, 1.54) is 0 Å². The summed E-state index contributed by atoms with van der Waals surface area (Å²) in [7, 11) is -3.58. The highest BCUT2D eigenvalue weighted by Gasteiger charge is 2.36. The van der Waals surface area contributed by atoms with Crippen LogP contribution >= 0.6 is 0 Å². The van der Waals surface area contributed by atoms with Crippen molar-refractivity contribution in [3.63, 3.8) is 0 Å². The Morgan fingerprint density at radius 2 is 1.95 bits per heavy atom. The second kappa shape index (κ2) is 5.83. The Labute approximate surface area is 130 Å². The minimum atomic E-state index is -3.58. The Bertz CT molecular complexity index is 736. The second-order valence-electron chi connectivity index (χ2n) is 5.51. The number of H-pyrrole nitrogens is 1. The molecule has 1 aromatic carbocycles. The molecule has 3 rings (SSSR count). The number of aromatic amines is 1. The molecule has 1 saturated heterocycles. The van der Waals surface area contributed by atoms with Crippen molar-refractivity contribution in [1.29, 1.82) is 0 Å². The van der Waals surface area contributed by atoms with E-state index >= 15 is 0 Å². The summed E-state index contributed by atoms with van der Waals surface area (Å²) in [5, 5.41) is 10.1. The van der Waals surface area contributed by atoms with E-state index in [1.54, 1.807) is 18.2 Å². The Kier molecular flexibility index (Phi) is 4.03. The van der Waals surface area contributed by atoms with Crippen LogP contribution in [0.3, 0.4) is 0 Å². The quantitative estimate of drug-likeness (QED) is 0.895. The van der Waals surface area contributed by atoms with Gasteiger partial charge in [0, 0.05) is 19.6 Å². The van der Waals surface area contributed by atoms with Crippen LogP contribution in [-0.2, 0) is 10.0 Å². The van der Waals surface area contributed by atoms with Gasteiger partial charge in [0.1, 0.15) is 4.90 Å². The van der Waals surface area contributed by atoms with Crippen LogP contribution in [0.4, 0.5) is 0 Å². The van der Waals surface area contributed by atoms with Gasteiger partial charge in [0.25, 0.3) is 0 Å². The van der Waals surface area contributed by atoms with E-state index in [0.29, 0.717) is 35.9 Å². The Hall–Kier alpha value is -1.70. The SMILES string of the molecule is Cc1n[nH]c(C)c1S(=O)(=O)N1CCNCC1c1ccccc1. The third-order valence-corrected chi connectivity index (χ3v) is 6.18. The molecule has 1 atom stereocenters. The molecule has 1 fully saturated rings. The normalized spacial score (nSPS) is 20.2. The number of hydrogen-bond acceptors (Lipinski definition) is 4. The van der Waals surface area contributed by atoms with E-state index in [9.17, 15) is 8.42 Å². The van der Waals surface area contributed by atoms with Gasteiger partial charge in [-0.2, -0.15) is 9.40 Å². The molecule has 0 amide bonds. The number of aromatic nitrogens is 2. The molecule has 2 heterocycles. The first kappa shape index (κ1) is 15.2. The van der Waals surface area contributed by atoms with Crippen molar-refractivity contribution in [2.24, 2.45) is 0 Å².